The number of aromatic nitrogens is 3. The molecule has 4 amide bonds. The summed E-state index contributed by atoms with van der Waals surface area (Å²) in [4.78, 5) is 62.6. The zero-order chi connectivity index (χ0) is 38.6. The zero-order valence-corrected chi connectivity index (χ0v) is 32.2. The quantitative estimate of drug-likeness (QED) is 0.280. The molecule has 298 valence electrons. The van der Waals surface area contributed by atoms with Crippen molar-refractivity contribution in [3.8, 4) is 5.88 Å². The van der Waals surface area contributed by atoms with E-state index in [4.69, 9.17) is 19.6 Å². The lowest BCUT2D eigenvalue weighted by Crippen LogP contribution is -2.58. The van der Waals surface area contributed by atoms with Gasteiger partial charge in [0.25, 0.3) is 5.91 Å². The van der Waals surface area contributed by atoms with Crippen molar-refractivity contribution in [3.63, 3.8) is 0 Å². The van der Waals surface area contributed by atoms with Gasteiger partial charge < -0.3 is 25.0 Å². The van der Waals surface area contributed by atoms with Gasteiger partial charge in [-0.3, -0.25) is 19.1 Å². The molecule has 2 aliphatic heterocycles. The van der Waals surface area contributed by atoms with E-state index in [-0.39, 0.29) is 25.5 Å². The first-order valence-electron chi connectivity index (χ1n) is 20.4. The second kappa shape index (κ2) is 14.6. The van der Waals surface area contributed by atoms with Gasteiger partial charge in [-0.05, 0) is 89.2 Å². The Kier molecular flexibility index (Phi) is 9.65. The number of allylic oxidation sites excluding steroid dienone is 1. The lowest BCUT2D eigenvalue weighted by molar-refractivity contribution is -0.141. The third-order valence-corrected chi connectivity index (χ3v) is 14.1. The lowest BCUT2D eigenvalue weighted by atomic mass is 10.0. The van der Waals surface area contributed by atoms with Crippen LogP contribution >= 0.6 is 0 Å². The SMILES string of the molecule is O=C(N[C@H]1CCCCCC=C[C@@H]2C[C@@]2(C(=O)NS(=O)(=O)C2CC2)NC(=O)[C@@H]2C[C@@H](Oc3cc(C4CC4)nc4c5ccccc5nn34)CN2C1=O)OC1CCCC1. The van der Waals surface area contributed by atoms with Gasteiger partial charge in [-0.1, -0.05) is 37.1 Å². The summed E-state index contributed by atoms with van der Waals surface area (Å²) >= 11 is 0. The number of hydrogen-bond acceptors (Lipinski definition) is 10. The Bertz CT molecular complexity index is 2190. The van der Waals surface area contributed by atoms with Gasteiger partial charge in [0.15, 0.2) is 5.65 Å². The smallest absolute Gasteiger partial charge is 0.408 e. The molecule has 5 atom stereocenters. The van der Waals surface area contributed by atoms with Gasteiger partial charge >= 0.3 is 6.09 Å². The van der Waals surface area contributed by atoms with Crippen LogP contribution in [0.1, 0.15) is 108 Å². The molecule has 0 unspecified atom stereocenters. The van der Waals surface area contributed by atoms with Crippen molar-refractivity contribution in [1.29, 1.82) is 0 Å². The van der Waals surface area contributed by atoms with Gasteiger partial charge in [0, 0.05) is 29.7 Å². The number of rotatable bonds is 8. The number of carbonyl (C=O) groups is 4. The summed E-state index contributed by atoms with van der Waals surface area (Å²) in [5.74, 6) is -1.47. The molecule has 5 fully saturated rings. The molecule has 3 aromatic rings. The van der Waals surface area contributed by atoms with Crippen LogP contribution in [0, 0.1) is 5.92 Å². The summed E-state index contributed by atoms with van der Waals surface area (Å²) in [6.45, 7) is 0.0225. The first kappa shape index (κ1) is 36.9. The van der Waals surface area contributed by atoms with E-state index in [1.54, 1.807) is 4.52 Å². The number of carbonyl (C=O) groups excluding carboxylic acids is 4. The molecule has 0 bridgehead atoms. The van der Waals surface area contributed by atoms with Crippen LogP contribution in [0.5, 0.6) is 5.88 Å². The van der Waals surface area contributed by atoms with Crippen LogP contribution in [0.2, 0.25) is 0 Å². The first-order chi connectivity index (χ1) is 27.1. The maximum absolute atomic E-state index is 14.7. The molecule has 0 spiro atoms. The van der Waals surface area contributed by atoms with E-state index in [0.29, 0.717) is 49.5 Å². The van der Waals surface area contributed by atoms with E-state index in [2.05, 4.69) is 15.4 Å². The Balaban J connectivity index is 1.03. The standard InChI is InChI=1S/C40H49N7O8S/c48-36-33-20-27(54-34-21-32(24-16-17-24)41-35-29-13-8-9-14-30(29)44-47(34)35)23-46(33)37(49)31(42-39(51)55-26-11-6-7-12-26)15-5-3-1-2-4-10-25-22-40(25,43-36)38(50)45-56(52,53)28-18-19-28/h4,8-10,13-14,21,24-28,31,33H,1-3,5-7,11-12,15-20,22-23H2,(H,42,51)(H,43,48)(H,45,50)/t25-,27-,31+,33+,40-/m1/s1. The van der Waals surface area contributed by atoms with Crippen molar-refractivity contribution in [2.75, 3.05) is 6.54 Å². The molecule has 15 nitrogen and oxygen atoms in total. The largest absolute Gasteiger partial charge is 0.472 e. The normalized spacial score (nSPS) is 28.9. The number of fused-ring (bicyclic) bond motifs is 5. The molecular weight excluding hydrogens is 739 g/mol. The van der Waals surface area contributed by atoms with Gasteiger partial charge in [-0.15, -0.1) is 0 Å². The van der Waals surface area contributed by atoms with Crippen molar-refractivity contribution >= 4 is 50.4 Å². The molecular formula is C40H49N7O8S. The Morgan fingerprint density at radius 3 is 2.52 bits per heavy atom. The van der Waals surface area contributed by atoms with Gasteiger partial charge in [0.2, 0.25) is 27.7 Å². The van der Waals surface area contributed by atoms with E-state index in [9.17, 15) is 27.6 Å². The van der Waals surface area contributed by atoms with Crippen LogP contribution in [0.4, 0.5) is 4.79 Å². The Morgan fingerprint density at radius 1 is 0.946 bits per heavy atom. The Labute approximate surface area is 325 Å². The number of sulfonamides is 1. The van der Waals surface area contributed by atoms with E-state index in [1.807, 2.05) is 42.5 Å². The van der Waals surface area contributed by atoms with E-state index in [0.717, 1.165) is 68.0 Å². The summed E-state index contributed by atoms with van der Waals surface area (Å²) in [5, 5.41) is 10.8. The van der Waals surface area contributed by atoms with Gasteiger partial charge in [-0.2, -0.15) is 9.61 Å². The van der Waals surface area contributed by atoms with Gasteiger partial charge in [0.05, 0.1) is 23.0 Å². The van der Waals surface area contributed by atoms with Crippen LogP contribution < -0.4 is 20.1 Å². The molecule has 1 aromatic carbocycles. The third kappa shape index (κ3) is 7.43. The van der Waals surface area contributed by atoms with E-state index < -0.39 is 68.7 Å². The minimum absolute atomic E-state index is 0.0225. The highest BCUT2D eigenvalue weighted by Gasteiger charge is 2.62. The molecule has 4 saturated carbocycles. The maximum atomic E-state index is 14.7. The summed E-state index contributed by atoms with van der Waals surface area (Å²) in [6, 6.07) is 7.56. The molecule has 4 heterocycles. The monoisotopic (exact) mass is 787 g/mol. The van der Waals surface area contributed by atoms with Crippen LogP contribution in [-0.4, -0.2) is 93.4 Å². The van der Waals surface area contributed by atoms with E-state index in [1.165, 1.54) is 4.90 Å². The van der Waals surface area contributed by atoms with Crippen LogP contribution in [0.15, 0.2) is 42.5 Å². The summed E-state index contributed by atoms with van der Waals surface area (Å²) < 4.78 is 42.1. The average molecular weight is 788 g/mol. The predicted octanol–water partition coefficient (Wildman–Crippen LogP) is 4.15. The van der Waals surface area contributed by atoms with Crippen molar-refractivity contribution < 1.29 is 37.1 Å². The van der Waals surface area contributed by atoms with Crippen LogP contribution in [0.3, 0.4) is 0 Å². The maximum Gasteiger partial charge on any atom is 0.408 e. The number of benzene rings is 1. The van der Waals surface area contributed by atoms with E-state index >= 15 is 0 Å². The Morgan fingerprint density at radius 2 is 1.73 bits per heavy atom. The minimum Gasteiger partial charge on any atom is -0.472 e. The molecule has 1 saturated heterocycles. The minimum atomic E-state index is -3.89. The number of hydrogen-bond donors (Lipinski definition) is 3. The highest BCUT2D eigenvalue weighted by Crippen LogP contribution is 2.46. The van der Waals surface area contributed by atoms with Crippen molar-refractivity contribution in [1.82, 2.24) is 34.9 Å². The second-order valence-corrected chi connectivity index (χ2v) is 18.5. The highest BCUT2D eigenvalue weighted by molar-refractivity contribution is 7.91. The molecule has 3 N–H and O–H groups in total. The number of nitrogens with one attached hydrogen (secondary N) is 3. The third-order valence-electron chi connectivity index (χ3n) is 12.3. The fourth-order valence-electron chi connectivity index (χ4n) is 8.65. The molecule has 2 aromatic heterocycles. The number of alkyl carbamates (subject to hydrolysis) is 1. The topological polar surface area (TPSA) is 190 Å². The molecule has 0 radical (unpaired) electrons. The van der Waals surface area contributed by atoms with Gasteiger partial charge in [0.1, 0.15) is 29.8 Å². The molecule has 56 heavy (non-hydrogen) atoms. The second-order valence-electron chi connectivity index (χ2n) is 16.5. The average Bonchev–Trinajstić information content (AvgIpc) is 4.14. The number of nitrogens with zero attached hydrogens (tertiary/aromatic N) is 4. The molecule has 6 aliphatic rings. The van der Waals surface area contributed by atoms with Crippen LogP contribution in [0.25, 0.3) is 16.6 Å². The fourth-order valence-corrected chi connectivity index (χ4v) is 10.0. The number of amides is 4. The van der Waals surface area contributed by atoms with Crippen molar-refractivity contribution in [3.05, 3.63) is 48.2 Å². The summed E-state index contributed by atoms with van der Waals surface area (Å²) in [6.07, 6.45) is 12.5. The molecule has 9 rings (SSSR count). The first-order valence-corrected chi connectivity index (χ1v) is 21.9. The zero-order valence-electron chi connectivity index (χ0n) is 31.4. The predicted molar refractivity (Wildman–Crippen MR) is 204 cm³/mol. The summed E-state index contributed by atoms with van der Waals surface area (Å²) in [7, 11) is -3.89. The lowest BCUT2D eigenvalue weighted by Gasteiger charge is -2.30. The Hall–Kier alpha value is -4.73. The van der Waals surface area contributed by atoms with Crippen molar-refractivity contribution in [2.45, 2.75) is 137 Å². The van der Waals surface area contributed by atoms with Gasteiger partial charge in [-0.25, -0.2) is 18.2 Å². The number of ether oxygens (including phenoxy) is 2. The highest BCUT2D eigenvalue weighted by atomic mass is 32.2. The molecule has 16 heteroatoms. The van der Waals surface area contributed by atoms with Crippen LogP contribution in [-0.2, 0) is 29.1 Å². The summed E-state index contributed by atoms with van der Waals surface area (Å²) in [5.41, 5.74) is 0.822. The fraction of sp³-hybridized carbons (Fsp3) is 0.600. The molecule has 4 aliphatic carbocycles. The van der Waals surface area contributed by atoms with Crippen molar-refractivity contribution in [2.24, 2.45) is 5.92 Å².